The number of hydrogen-bond acceptors (Lipinski definition) is 4. The summed E-state index contributed by atoms with van der Waals surface area (Å²) < 4.78 is 11.0. The maximum absolute atomic E-state index is 12.3. The smallest absolute Gasteiger partial charge is 0.226 e. The first kappa shape index (κ1) is 14.5. The molecule has 4 aromatic rings. The number of fused-ring (bicyclic) bond motifs is 2. The third-order valence-electron chi connectivity index (χ3n) is 4.03. The van der Waals surface area contributed by atoms with Crippen LogP contribution < -0.4 is 5.32 Å². The molecule has 0 aliphatic heterocycles. The molecule has 5 heteroatoms. The predicted octanol–water partition coefficient (Wildman–Crippen LogP) is 3.99. The number of nitrogens with zero attached hydrogens (tertiary/aromatic N) is 1. The summed E-state index contributed by atoms with van der Waals surface area (Å²) in [7, 11) is 0. The molecular formula is C19H16N2O3. The minimum absolute atomic E-state index is 0.123. The van der Waals surface area contributed by atoms with Gasteiger partial charge in [-0.2, -0.15) is 0 Å². The van der Waals surface area contributed by atoms with Crippen molar-refractivity contribution in [3.8, 4) is 0 Å². The van der Waals surface area contributed by atoms with Gasteiger partial charge < -0.3 is 14.3 Å². The van der Waals surface area contributed by atoms with E-state index in [9.17, 15) is 4.79 Å². The maximum Gasteiger partial charge on any atom is 0.226 e. The molecule has 1 atom stereocenters. The summed E-state index contributed by atoms with van der Waals surface area (Å²) in [5.74, 6) is 0.608. The Morgan fingerprint density at radius 1 is 1.12 bits per heavy atom. The largest absolute Gasteiger partial charge is 0.459 e. The molecular weight excluding hydrogens is 304 g/mol. The first-order valence-electron chi connectivity index (χ1n) is 7.82. The number of para-hydroxylation sites is 2. The molecule has 0 aliphatic carbocycles. The number of aromatic nitrogens is 1. The molecule has 2 aromatic heterocycles. The van der Waals surface area contributed by atoms with Gasteiger partial charge in [0.2, 0.25) is 5.91 Å². The standard InChI is InChI=1S/C19H16N2O3/c1-12(18-10-13-6-2-4-8-16(13)23-18)20-19(22)11-15-14-7-3-5-9-17(14)24-21-15/h2-10,12H,11H2,1H3,(H,20,22)/t12-/m0/s1. The molecule has 2 aromatic carbocycles. The van der Waals surface area contributed by atoms with Crippen LogP contribution in [-0.4, -0.2) is 11.1 Å². The minimum Gasteiger partial charge on any atom is -0.459 e. The Hall–Kier alpha value is -3.08. The van der Waals surface area contributed by atoms with Crippen molar-refractivity contribution < 1.29 is 13.7 Å². The van der Waals surface area contributed by atoms with Gasteiger partial charge in [-0.15, -0.1) is 0 Å². The molecule has 0 spiro atoms. The van der Waals surface area contributed by atoms with Gasteiger partial charge in [0.05, 0.1) is 12.5 Å². The minimum atomic E-state index is -0.219. The van der Waals surface area contributed by atoms with E-state index < -0.39 is 0 Å². The van der Waals surface area contributed by atoms with Crippen molar-refractivity contribution in [2.75, 3.05) is 0 Å². The molecule has 4 rings (SSSR count). The first-order valence-corrected chi connectivity index (χ1v) is 7.82. The SMILES string of the molecule is C[C@H](NC(=O)Cc1noc2ccccc12)c1cc2ccccc2o1. The van der Waals surface area contributed by atoms with E-state index in [1.54, 1.807) is 0 Å². The second-order valence-electron chi connectivity index (χ2n) is 5.78. The lowest BCUT2D eigenvalue weighted by molar-refractivity contribution is -0.121. The third-order valence-corrected chi connectivity index (χ3v) is 4.03. The Morgan fingerprint density at radius 2 is 1.88 bits per heavy atom. The van der Waals surface area contributed by atoms with E-state index in [-0.39, 0.29) is 18.4 Å². The normalized spacial score (nSPS) is 12.5. The van der Waals surface area contributed by atoms with Crippen LogP contribution in [0.3, 0.4) is 0 Å². The van der Waals surface area contributed by atoms with Crippen LogP contribution in [0.5, 0.6) is 0 Å². The number of rotatable bonds is 4. The molecule has 5 nitrogen and oxygen atoms in total. The molecule has 1 N–H and O–H groups in total. The van der Waals surface area contributed by atoms with E-state index in [1.807, 2.05) is 61.5 Å². The van der Waals surface area contributed by atoms with Crippen molar-refractivity contribution >= 4 is 27.8 Å². The molecule has 120 valence electrons. The van der Waals surface area contributed by atoms with Gasteiger partial charge in [0.25, 0.3) is 0 Å². The Labute approximate surface area is 138 Å². The molecule has 24 heavy (non-hydrogen) atoms. The summed E-state index contributed by atoms with van der Waals surface area (Å²) in [5.41, 5.74) is 2.14. The monoisotopic (exact) mass is 320 g/mol. The summed E-state index contributed by atoms with van der Waals surface area (Å²) >= 11 is 0. The number of carbonyl (C=O) groups is 1. The number of benzene rings is 2. The Bertz CT molecular complexity index is 982. The van der Waals surface area contributed by atoms with E-state index in [1.165, 1.54) is 0 Å². The van der Waals surface area contributed by atoms with Gasteiger partial charge in [0.15, 0.2) is 5.58 Å². The number of nitrogens with one attached hydrogen (secondary N) is 1. The van der Waals surface area contributed by atoms with Crippen LogP contribution in [0.15, 0.2) is 63.5 Å². The summed E-state index contributed by atoms with van der Waals surface area (Å²) in [6.07, 6.45) is 0.168. The number of furan rings is 1. The number of carbonyl (C=O) groups excluding carboxylic acids is 1. The lowest BCUT2D eigenvalue weighted by Gasteiger charge is -2.10. The topological polar surface area (TPSA) is 68.3 Å². The van der Waals surface area contributed by atoms with Crippen LogP contribution in [0.25, 0.3) is 21.9 Å². The maximum atomic E-state index is 12.3. The fourth-order valence-corrected chi connectivity index (χ4v) is 2.80. The van der Waals surface area contributed by atoms with Crippen molar-refractivity contribution in [2.24, 2.45) is 0 Å². The van der Waals surface area contributed by atoms with Crippen LogP contribution >= 0.6 is 0 Å². The quantitative estimate of drug-likeness (QED) is 0.617. The molecule has 0 saturated heterocycles. The summed E-state index contributed by atoms with van der Waals surface area (Å²) in [5, 5.41) is 8.83. The van der Waals surface area contributed by atoms with Crippen LogP contribution in [0.2, 0.25) is 0 Å². The molecule has 0 unspecified atom stereocenters. The Kier molecular flexibility index (Phi) is 3.54. The third kappa shape index (κ3) is 2.65. The zero-order valence-electron chi connectivity index (χ0n) is 13.2. The van der Waals surface area contributed by atoms with Crippen molar-refractivity contribution in [3.63, 3.8) is 0 Å². The first-order chi connectivity index (χ1) is 11.7. The summed E-state index contributed by atoms with van der Waals surface area (Å²) in [4.78, 5) is 12.3. The number of hydrogen-bond donors (Lipinski definition) is 1. The molecule has 2 heterocycles. The van der Waals surface area contributed by atoms with E-state index in [0.717, 1.165) is 22.1 Å². The van der Waals surface area contributed by atoms with E-state index >= 15 is 0 Å². The van der Waals surface area contributed by atoms with E-state index in [0.29, 0.717) is 11.3 Å². The second kappa shape index (κ2) is 5.85. The van der Waals surface area contributed by atoms with Crippen LogP contribution in [0.1, 0.15) is 24.4 Å². The van der Waals surface area contributed by atoms with Crippen molar-refractivity contribution in [3.05, 3.63) is 66.1 Å². The van der Waals surface area contributed by atoms with Crippen molar-refractivity contribution in [1.82, 2.24) is 10.5 Å². The number of amides is 1. The summed E-state index contributed by atoms with van der Waals surface area (Å²) in [6, 6.07) is 17.0. The van der Waals surface area contributed by atoms with Gasteiger partial charge in [0.1, 0.15) is 17.0 Å². The van der Waals surface area contributed by atoms with Crippen molar-refractivity contribution in [1.29, 1.82) is 0 Å². The van der Waals surface area contributed by atoms with Gasteiger partial charge in [-0.25, -0.2) is 0 Å². The van der Waals surface area contributed by atoms with Crippen LogP contribution in [0.4, 0.5) is 0 Å². The molecule has 0 radical (unpaired) electrons. The zero-order valence-corrected chi connectivity index (χ0v) is 13.2. The summed E-state index contributed by atoms with van der Waals surface area (Å²) in [6.45, 7) is 1.90. The lowest BCUT2D eigenvalue weighted by Crippen LogP contribution is -2.28. The van der Waals surface area contributed by atoms with Crippen LogP contribution in [-0.2, 0) is 11.2 Å². The second-order valence-corrected chi connectivity index (χ2v) is 5.78. The highest BCUT2D eigenvalue weighted by atomic mass is 16.5. The van der Waals surface area contributed by atoms with Gasteiger partial charge in [-0.05, 0) is 31.2 Å². The molecule has 0 saturated carbocycles. The highest BCUT2D eigenvalue weighted by molar-refractivity contribution is 5.86. The molecule has 1 amide bonds. The predicted molar refractivity (Wildman–Crippen MR) is 90.5 cm³/mol. The fourth-order valence-electron chi connectivity index (χ4n) is 2.80. The average molecular weight is 320 g/mol. The average Bonchev–Trinajstić information content (AvgIpc) is 3.19. The highest BCUT2D eigenvalue weighted by Crippen LogP contribution is 2.24. The van der Waals surface area contributed by atoms with E-state index in [2.05, 4.69) is 10.5 Å². The lowest BCUT2D eigenvalue weighted by atomic mass is 10.1. The fraction of sp³-hybridized carbons (Fsp3) is 0.158. The van der Waals surface area contributed by atoms with Gasteiger partial charge in [-0.3, -0.25) is 4.79 Å². The Morgan fingerprint density at radius 3 is 2.71 bits per heavy atom. The van der Waals surface area contributed by atoms with Gasteiger partial charge in [0, 0.05) is 10.8 Å². The van der Waals surface area contributed by atoms with E-state index in [4.69, 9.17) is 8.94 Å². The van der Waals surface area contributed by atoms with Crippen molar-refractivity contribution in [2.45, 2.75) is 19.4 Å². The van der Waals surface area contributed by atoms with Gasteiger partial charge >= 0.3 is 0 Å². The molecule has 0 fully saturated rings. The Balaban J connectivity index is 1.49. The highest BCUT2D eigenvalue weighted by Gasteiger charge is 2.17. The van der Waals surface area contributed by atoms with Crippen LogP contribution in [0, 0.1) is 0 Å². The molecule has 0 bridgehead atoms. The zero-order chi connectivity index (χ0) is 16.5. The molecule has 0 aliphatic rings. The van der Waals surface area contributed by atoms with Gasteiger partial charge in [-0.1, -0.05) is 35.5 Å².